The molecule has 1 heterocycles. The fourth-order valence-corrected chi connectivity index (χ4v) is 4.03. The van der Waals surface area contributed by atoms with Gasteiger partial charge < -0.3 is 13.8 Å². The molecule has 1 aromatic rings. The third kappa shape index (κ3) is 8.94. The molecule has 0 saturated carbocycles. The van der Waals surface area contributed by atoms with E-state index in [2.05, 4.69) is 0 Å². The summed E-state index contributed by atoms with van der Waals surface area (Å²) in [4.78, 5) is 13.8. The Kier molecular flexibility index (Phi) is 8.21. The second-order valence-corrected chi connectivity index (χ2v) is 10.1. The predicted molar refractivity (Wildman–Crippen MR) is 110 cm³/mol. The highest BCUT2D eigenvalue weighted by Gasteiger charge is 2.31. The topological polar surface area (TPSA) is 76.2 Å². The van der Waals surface area contributed by atoms with E-state index in [9.17, 15) is 26.4 Å². The van der Waals surface area contributed by atoms with Crippen molar-refractivity contribution >= 4 is 22.0 Å². The maximum Gasteiger partial charge on any atom is 0.389 e. The molecule has 1 aromatic carbocycles. The van der Waals surface area contributed by atoms with Crippen LogP contribution in [0.2, 0.25) is 0 Å². The number of anilines is 1. The average Bonchev–Trinajstić information content (AvgIpc) is 2.63. The lowest BCUT2D eigenvalue weighted by atomic mass is 9.93. The predicted octanol–water partition coefficient (Wildman–Crippen LogP) is 3.75. The van der Waals surface area contributed by atoms with Crippen LogP contribution in [0.15, 0.2) is 24.3 Å². The highest BCUT2D eigenvalue weighted by Crippen LogP contribution is 2.24. The quantitative estimate of drug-likeness (QED) is 0.543. The van der Waals surface area contributed by atoms with Crippen molar-refractivity contribution in [2.75, 3.05) is 37.7 Å². The first-order valence-electron chi connectivity index (χ1n) is 10.0. The van der Waals surface area contributed by atoms with Gasteiger partial charge in [0.15, 0.2) is 0 Å². The van der Waals surface area contributed by atoms with Gasteiger partial charge in [0.1, 0.15) is 5.75 Å². The van der Waals surface area contributed by atoms with Crippen molar-refractivity contribution in [3.8, 4) is 5.75 Å². The zero-order chi connectivity index (χ0) is 23.3. The number of carbonyl (C=O) groups excluding carboxylic acids is 1. The molecule has 0 radical (unpaired) electrons. The second kappa shape index (κ2) is 10.1. The van der Waals surface area contributed by atoms with Gasteiger partial charge in [-0.05, 0) is 36.1 Å². The van der Waals surface area contributed by atoms with Crippen LogP contribution in [0, 0.1) is 5.41 Å². The van der Waals surface area contributed by atoms with Crippen molar-refractivity contribution in [1.29, 1.82) is 0 Å². The number of halogens is 3. The van der Waals surface area contributed by atoms with E-state index in [4.69, 9.17) is 8.92 Å². The van der Waals surface area contributed by atoms with Crippen molar-refractivity contribution < 1.29 is 35.3 Å². The number of carbonyl (C=O) groups is 1. The maximum absolute atomic E-state index is 12.3. The van der Waals surface area contributed by atoms with Crippen molar-refractivity contribution in [3.05, 3.63) is 24.3 Å². The summed E-state index contributed by atoms with van der Waals surface area (Å²) in [6.45, 7) is 6.57. The van der Waals surface area contributed by atoms with Gasteiger partial charge in [-0.2, -0.15) is 25.9 Å². The van der Waals surface area contributed by atoms with Crippen LogP contribution in [-0.2, 0) is 19.3 Å². The molecule has 1 saturated heterocycles. The zero-order valence-electron chi connectivity index (χ0n) is 17.9. The number of rotatable bonds is 8. The van der Waals surface area contributed by atoms with E-state index in [0.717, 1.165) is 9.99 Å². The first-order valence-corrected chi connectivity index (χ1v) is 11.4. The van der Waals surface area contributed by atoms with Gasteiger partial charge in [-0.25, -0.2) is 0 Å². The fraction of sp³-hybridized carbons (Fsp3) is 0.650. The lowest BCUT2D eigenvalue weighted by Gasteiger charge is -2.34. The molecular formula is C20H29F3N2O5S. The number of benzene rings is 1. The Morgan fingerprint density at radius 3 is 2.13 bits per heavy atom. The van der Waals surface area contributed by atoms with Crippen molar-refractivity contribution in [1.82, 2.24) is 4.31 Å². The first kappa shape index (κ1) is 25.3. The molecule has 1 fully saturated rings. The molecule has 1 aliphatic heterocycles. The molecule has 1 aliphatic rings. The molecule has 0 amide bonds. The smallest absolute Gasteiger partial charge is 0.389 e. The summed E-state index contributed by atoms with van der Waals surface area (Å²) in [5.41, 5.74) is 0.462. The molecule has 0 bridgehead atoms. The van der Waals surface area contributed by atoms with Crippen LogP contribution in [0.4, 0.5) is 18.9 Å². The summed E-state index contributed by atoms with van der Waals surface area (Å²) in [7, 11) is -4.13. The Bertz CT molecular complexity index is 828. The molecule has 0 N–H and O–H groups in total. The Balaban J connectivity index is 1.82. The molecule has 31 heavy (non-hydrogen) atoms. The molecule has 0 aliphatic carbocycles. The summed E-state index contributed by atoms with van der Waals surface area (Å²) in [5, 5.41) is 0. The minimum Gasteiger partial charge on any atom is -0.494 e. The molecule has 0 atom stereocenters. The molecular weight excluding hydrogens is 437 g/mol. The number of piperazine rings is 1. The van der Waals surface area contributed by atoms with Gasteiger partial charge in [0.05, 0.1) is 13.0 Å². The minimum absolute atomic E-state index is 0.00315. The van der Waals surface area contributed by atoms with Gasteiger partial charge in [0.2, 0.25) is 0 Å². The van der Waals surface area contributed by atoms with Gasteiger partial charge in [0, 0.05) is 38.3 Å². The number of hydrogen-bond donors (Lipinski definition) is 0. The second-order valence-electron chi connectivity index (χ2n) is 8.60. The standard InChI is InChI=1S/C20H29F3N2O5S/c1-19(2,3)15-18(26)30-31(27,28)25-12-10-24(11-13-25)16-5-7-17(8-6-16)29-14-4-9-20(21,22)23/h5-8H,4,9-15H2,1-3H3. The van der Waals surface area contributed by atoms with Crippen LogP contribution in [0.25, 0.3) is 0 Å². The Morgan fingerprint density at radius 1 is 1.03 bits per heavy atom. The first-order chi connectivity index (χ1) is 14.3. The van der Waals surface area contributed by atoms with E-state index in [1.807, 2.05) is 25.7 Å². The molecule has 2 rings (SSSR count). The summed E-state index contributed by atoms with van der Waals surface area (Å²) in [6.07, 6.45) is -5.18. The van der Waals surface area contributed by atoms with E-state index in [-0.39, 0.29) is 38.0 Å². The van der Waals surface area contributed by atoms with Gasteiger partial charge in [-0.3, -0.25) is 4.79 Å². The third-order valence-electron chi connectivity index (χ3n) is 4.50. The van der Waals surface area contributed by atoms with Gasteiger partial charge in [0.25, 0.3) is 0 Å². The Hall–Kier alpha value is -2.01. The van der Waals surface area contributed by atoms with Crippen LogP contribution in [-0.4, -0.2) is 57.7 Å². The van der Waals surface area contributed by atoms with E-state index >= 15 is 0 Å². The number of ether oxygens (including phenoxy) is 1. The van der Waals surface area contributed by atoms with Crippen LogP contribution in [0.3, 0.4) is 0 Å². The summed E-state index contributed by atoms with van der Waals surface area (Å²) in [5.74, 6) is -0.307. The molecule has 0 aromatic heterocycles. The highest BCUT2D eigenvalue weighted by atomic mass is 32.2. The molecule has 0 unspecified atom stereocenters. The normalized spacial score (nSPS) is 16.3. The average molecular weight is 467 g/mol. The van der Waals surface area contributed by atoms with E-state index in [1.165, 1.54) is 0 Å². The van der Waals surface area contributed by atoms with Gasteiger partial charge in [-0.15, -0.1) is 0 Å². The van der Waals surface area contributed by atoms with E-state index in [1.54, 1.807) is 24.3 Å². The largest absolute Gasteiger partial charge is 0.494 e. The van der Waals surface area contributed by atoms with Crippen LogP contribution < -0.4 is 9.64 Å². The van der Waals surface area contributed by atoms with Crippen LogP contribution in [0.1, 0.15) is 40.0 Å². The van der Waals surface area contributed by atoms with Crippen molar-refractivity contribution in [2.45, 2.75) is 46.2 Å². The monoisotopic (exact) mass is 466 g/mol. The lowest BCUT2D eigenvalue weighted by Crippen LogP contribution is -2.49. The summed E-state index contributed by atoms with van der Waals surface area (Å²) >= 11 is 0. The number of hydrogen-bond acceptors (Lipinski definition) is 6. The third-order valence-corrected chi connectivity index (χ3v) is 5.90. The van der Waals surface area contributed by atoms with E-state index < -0.39 is 28.9 Å². The molecule has 0 spiro atoms. The highest BCUT2D eigenvalue weighted by molar-refractivity contribution is 7.84. The van der Waals surface area contributed by atoms with Crippen LogP contribution in [0.5, 0.6) is 5.75 Å². The van der Waals surface area contributed by atoms with Crippen molar-refractivity contribution in [3.63, 3.8) is 0 Å². The summed E-state index contributed by atoms with van der Waals surface area (Å²) < 4.78 is 72.3. The summed E-state index contributed by atoms with van der Waals surface area (Å²) in [6, 6.07) is 6.87. The van der Waals surface area contributed by atoms with Gasteiger partial charge in [-0.1, -0.05) is 20.8 Å². The van der Waals surface area contributed by atoms with Gasteiger partial charge >= 0.3 is 22.4 Å². The fourth-order valence-electron chi connectivity index (χ4n) is 3.02. The minimum atomic E-state index is -4.19. The molecule has 11 heteroatoms. The SMILES string of the molecule is CC(C)(C)CC(=O)OS(=O)(=O)N1CCN(c2ccc(OCCCC(F)(F)F)cc2)CC1. The number of nitrogens with zero attached hydrogens (tertiary/aromatic N) is 2. The van der Waals surface area contributed by atoms with E-state index in [0.29, 0.717) is 18.8 Å². The molecule has 7 nitrogen and oxygen atoms in total. The van der Waals surface area contributed by atoms with Crippen LogP contribution >= 0.6 is 0 Å². The zero-order valence-corrected chi connectivity index (χ0v) is 18.8. The molecule has 176 valence electrons. The number of alkyl halides is 3. The maximum atomic E-state index is 12.3. The van der Waals surface area contributed by atoms with Crippen molar-refractivity contribution in [2.24, 2.45) is 5.41 Å². The Labute approximate surface area is 181 Å². The Morgan fingerprint density at radius 2 is 1.61 bits per heavy atom. The lowest BCUT2D eigenvalue weighted by molar-refractivity contribution is -0.137.